The first-order valence-corrected chi connectivity index (χ1v) is 19.4. The van der Waals surface area contributed by atoms with E-state index < -0.39 is 0 Å². The van der Waals surface area contributed by atoms with Gasteiger partial charge in [-0.1, -0.05) is 115 Å². The number of hydrogen-bond donors (Lipinski definition) is 0. The van der Waals surface area contributed by atoms with Crippen LogP contribution in [-0.4, -0.2) is 15.0 Å². The van der Waals surface area contributed by atoms with Crippen LogP contribution in [0.25, 0.3) is 67.2 Å². The van der Waals surface area contributed by atoms with E-state index in [4.69, 9.17) is 0 Å². The summed E-state index contributed by atoms with van der Waals surface area (Å²) in [5.74, 6) is 0. The number of aryl methyl sites for hydroxylation is 4. The maximum absolute atomic E-state index is 4.55. The van der Waals surface area contributed by atoms with Crippen LogP contribution in [0.5, 0.6) is 0 Å². The quantitative estimate of drug-likeness (QED) is 0.156. The van der Waals surface area contributed by atoms with E-state index in [2.05, 4.69) is 139 Å². The average Bonchev–Trinajstić information content (AvgIpc) is 3.29. The van der Waals surface area contributed by atoms with Crippen molar-refractivity contribution < 1.29 is 20.1 Å². The molecule has 0 saturated heterocycles. The Bertz CT molecular complexity index is 2600. The molecule has 0 bridgehead atoms. The molecule has 6 aromatic carbocycles. The third-order valence-corrected chi connectivity index (χ3v) is 9.71. The molecular formula is C55H44IrN3. The molecule has 0 saturated carbocycles. The maximum Gasteiger partial charge on any atom is 3.00 e. The number of pyridine rings is 3. The van der Waals surface area contributed by atoms with E-state index in [9.17, 15) is 0 Å². The van der Waals surface area contributed by atoms with Gasteiger partial charge in [-0.2, -0.15) is 0 Å². The predicted octanol–water partition coefficient (Wildman–Crippen LogP) is 13.9. The van der Waals surface area contributed by atoms with Crippen molar-refractivity contribution in [3.63, 3.8) is 0 Å². The fourth-order valence-electron chi connectivity index (χ4n) is 6.59. The molecule has 59 heavy (non-hydrogen) atoms. The van der Waals surface area contributed by atoms with E-state index >= 15 is 0 Å². The molecule has 9 aromatic rings. The SMILES string of the molecule is Cc1ccc(-c2[c-]ccc(-c3ccccc3)c2)nc1.Cc1ccc(-c2cc(-c3[c-]cccc3)ncc2C)c(C)c1.[Ir+3].[c-]1ccccc1-c1ccc(-c2ccccc2)cn1. The summed E-state index contributed by atoms with van der Waals surface area (Å²) in [4.78, 5) is 13.5. The van der Waals surface area contributed by atoms with Gasteiger partial charge in [0.25, 0.3) is 0 Å². The van der Waals surface area contributed by atoms with E-state index in [1.165, 1.54) is 50.1 Å². The Morgan fingerprint density at radius 2 is 0.898 bits per heavy atom. The first-order chi connectivity index (χ1) is 28.4. The molecule has 0 spiro atoms. The van der Waals surface area contributed by atoms with Crippen LogP contribution < -0.4 is 0 Å². The summed E-state index contributed by atoms with van der Waals surface area (Å²) in [6, 6.07) is 69.3. The van der Waals surface area contributed by atoms with E-state index in [1.54, 1.807) is 0 Å². The second-order valence-electron chi connectivity index (χ2n) is 14.1. The summed E-state index contributed by atoms with van der Waals surface area (Å²) < 4.78 is 0. The standard InChI is InChI=1S/C20H18N.C18H14N.C17H12N.Ir/c1-14-9-10-18(15(2)11-14)19-12-20(21-13-16(19)3)17-7-5-4-6-8-17;1-14-10-11-18(19-13-14)17-9-5-8-16(12-17)15-6-3-2-4-7-15;1-3-7-14(8-4-1)16-11-12-17(18-13-16)15-9-5-2-6-10-15;/h4-7,9-13H,1-3H3;2-8,10-13H,1H3;1-9,11-13H;/q3*-1;+3. The first-order valence-electron chi connectivity index (χ1n) is 19.4. The fourth-order valence-corrected chi connectivity index (χ4v) is 6.59. The van der Waals surface area contributed by atoms with Crippen LogP contribution in [0.4, 0.5) is 0 Å². The maximum atomic E-state index is 4.55. The Labute approximate surface area is 362 Å². The van der Waals surface area contributed by atoms with Gasteiger partial charge in [0, 0.05) is 18.6 Å². The van der Waals surface area contributed by atoms with Crippen LogP contribution in [0.1, 0.15) is 22.3 Å². The van der Waals surface area contributed by atoms with Gasteiger partial charge in [0.2, 0.25) is 0 Å². The molecule has 0 fully saturated rings. The normalized spacial score (nSPS) is 10.2. The van der Waals surface area contributed by atoms with E-state index in [0.717, 1.165) is 39.3 Å². The number of benzene rings is 6. The van der Waals surface area contributed by atoms with Crippen LogP contribution in [0.15, 0.2) is 195 Å². The molecule has 0 atom stereocenters. The zero-order valence-corrected chi connectivity index (χ0v) is 36.0. The third-order valence-electron chi connectivity index (χ3n) is 9.71. The molecule has 0 amide bonds. The minimum absolute atomic E-state index is 0. The van der Waals surface area contributed by atoms with Gasteiger partial charge in [-0.25, -0.2) is 0 Å². The smallest absolute Gasteiger partial charge is 0.304 e. The Kier molecular flexibility index (Phi) is 14.8. The van der Waals surface area contributed by atoms with Gasteiger partial charge < -0.3 is 15.0 Å². The minimum atomic E-state index is 0. The fraction of sp³-hybridized carbons (Fsp3) is 0.0727. The Morgan fingerprint density at radius 1 is 0.339 bits per heavy atom. The first kappa shape index (κ1) is 42.0. The van der Waals surface area contributed by atoms with Crippen molar-refractivity contribution >= 4 is 0 Å². The van der Waals surface area contributed by atoms with Gasteiger partial charge in [0.15, 0.2) is 0 Å². The van der Waals surface area contributed by atoms with Gasteiger partial charge in [-0.3, -0.25) is 0 Å². The molecule has 0 aliphatic carbocycles. The van der Waals surface area contributed by atoms with Crippen LogP contribution in [-0.2, 0) is 20.1 Å². The minimum Gasteiger partial charge on any atom is -0.304 e. The molecule has 9 rings (SSSR count). The van der Waals surface area contributed by atoms with Gasteiger partial charge in [-0.05, 0) is 89.3 Å². The third kappa shape index (κ3) is 11.3. The Morgan fingerprint density at radius 3 is 1.49 bits per heavy atom. The van der Waals surface area contributed by atoms with Crippen molar-refractivity contribution in [1.82, 2.24) is 15.0 Å². The number of rotatable bonds is 6. The van der Waals surface area contributed by atoms with Gasteiger partial charge in [0.1, 0.15) is 0 Å². The molecule has 4 heteroatoms. The Hall–Kier alpha value is -6.58. The summed E-state index contributed by atoms with van der Waals surface area (Å²) in [5, 5.41) is 0. The van der Waals surface area contributed by atoms with E-state index in [1.807, 2.05) is 117 Å². The summed E-state index contributed by atoms with van der Waals surface area (Å²) >= 11 is 0. The molecule has 3 heterocycles. The molecule has 288 valence electrons. The molecule has 0 unspecified atom stereocenters. The number of nitrogens with zero attached hydrogens (tertiary/aromatic N) is 3. The van der Waals surface area contributed by atoms with Gasteiger partial charge in [0.05, 0.1) is 0 Å². The number of hydrogen-bond acceptors (Lipinski definition) is 3. The van der Waals surface area contributed by atoms with Crippen molar-refractivity contribution in [3.8, 4) is 67.2 Å². The second-order valence-corrected chi connectivity index (χ2v) is 14.1. The molecule has 0 aliphatic heterocycles. The topological polar surface area (TPSA) is 38.7 Å². The van der Waals surface area contributed by atoms with Crippen LogP contribution >= 0.6 is 0 Å². The van der Waals surface area contributed by atoms with Crippen LogP contribution in [0, 0.1) is 45.9 Å². The van der Waals surface area contributed by atoms with Crippen LogP contribution in [0.2, 0.25) is 0 Å². The van der Waals surface area contributed by atoms with Crippen molar-refractivity contribution in [2.45, 2.75) is 27.7 Å². The van der Waals surface area contributed by atoms with Crippen molar-refractivity contribution in [2.75, 3.05) is 0 Å². The van der Waals surface area contributed by atoms with E-state index in [-0.39, 0.29) is 20.1 Å². The summed E-state index contributed by atoms with van der Waals surface area (Å²) in [7, 11) is 0. The predicted molar refractivity (Wildman–Crippen MR) is 241 cm³/mol. The van der Waals surface area contributed by atoms with Crippen molar-refractivity contribution in [2.24, 2.45) is 0 Å². The van der Waals surface area contributed by atoms with Crippen LogP contribution in [0.3, 0.4) is 0 Å². The average molecular weight is 939 g/mol. The summed E-state index contributed by atoms with van der Waals surface area (Å²) in [5.41, 5.74) is 18.2. The largest absolute Gasteiger partial charge is 3.00 e. The van der Waals surface area contributed by atoms with Gasteiger partial charge >= 0.3 is 20.1 Å². The van der Waals surface area contributed by atoms with Crippen molar-refractivity contribution in [3.05, 3.63) is 235 Å². The molecule has 0 N–H and O–H groups in total. The Balaban J connectivity index is 0.000000148. The van der Waals surface area contributed by atoms with Crippen molar-refractivity contribution in [1.29, 1.82) is 0 Å². The monoisotopic (exact) mass is 939 g/mol. The second kappa shape index (κ2) is 20.7. The molecule has 0 radical (unpaired) electrons. The molecular weight excluding hydrogens is 895 g/mol. The van der Waals surface area contributed by atoms with Gasteiger partial charge in [-0.15, -0.1) is 107 Å². The summed E-state index contributed by atoms with van der Waals surface area (Å²) in [6.07, 6.45) is 5.74. The number of aromatic nitrogens is 3. The summed E-state index contributed by atoms with van der Waals surface area (Å²) in [6.45, 7) is 8.44. The van der Waals surface area contributed by atoms with E-state index in [0.29, 0.717) is 0 Å². The molecule has 3 nitrogen and oxygen atoms in total. The zero-order valence-electron chi connectivity index (χ0n) is 33.7. The molecule has 3 aromatic heterocycles. The zero-order chi connectivity index (χ0) is 40.1. The molecule has 0 aliphatic rings.